The van der Waals surface area contributed by atoms with Crippen LogP contribution in [0, 0.1) is 18.3 Å². The molecule has 0 saturated carbocycles. The molecule has 3 rings (SSSR count). The van der Waals surface area contributed by atoms with Crippen LogP contribution in [-0.4, -0.2) is 23.7 Å². The monoisotopic (exact) mass is 367 g/mol. The highest BCUT2D eigenvalue weighted by Gasteiger charge is 2.13. The van der Waals surface area contributed by atoms with Gasteiger partial charge in [0.2, 0.25) is 0 Å². The van der Waals surface area contributed by atoms with E-state index in [1.54, 1.807) is 25.3 Å². The predicted molar refractivity (Wildman–Crippen MR) is 103 cm³/mol. The van der Waals surface area contributed by atoms with E-state index < -0.39 is 0 Å². The molecule has 0 radical (unpaired) electrons. The van der Waals surface area contributed by atoms with Crippen LogP contribution in [0.2, 0.25) is 5.02 Å². The van der Waals surface area contributed by atoms with Gasteiger partial charge in [0.25, 0.3) is 0 Å². The van der Waals surface area contributed by atoms with E-state index in [2.05, 4.69) is 16.0 Å². The number of hydrogen-bond acceptors (Lipinski definition) is 4. The first kappa shape index (κ1) is 17.8. The molecule has 1 aromatic heterocycles. The highest BCUT2D eigenvalue weighted by atomic mass is 35.5. The number of aromatic nitrogens is 2. The summed E-state index contributed by atoms with van der Waals surface area (Å²) in [5.74, 6) is 1.52. The number of ether oxygens (including phenoxy) is 2. The molecule has 0 aliphatic rings. The summed E-state index contributed by atoms with van der Waals surface area (Å²) in [7, 11) is 1.55. The van der Waals surface area contributed by atoms with Gasteiger partial charge in [-0.2, -0.15) is 5.26 Å². The van der Waals surface area contributed by atoms with E-state index >= 15 is 0 Å². The number of benzene rings is 2. The van der Waals surface area contributed by atoms with E-state index in [9.17, 15) is 5.26 Å². The summed E-state index contributed by atoms with van der Waals surface area (Å²) in [6.45, 7) is 4.36. The molecule has 132 valence electrons. The minimum atomic E-state index is 0.404. The smallest absolute Gasteiger partial charge is 0.179 e. The highest BCUT2D eigenvalue weighted by molar-refractivity contribution is 6.32. The molecule has 0 saturated heterocycles. The minimum Gasteiger partial charge on any atom is -0.493 e. The fourth-order valence-electron chi connectivity index (χ4n) is 2.68. The molecule has 0 aliphatic heterocycles. The van der Waals surface area contributed by atoms with Crippen LogP contribution in [0.5, 0.6) is 11.5 Å². The Hall–Kier alpha value is -2.97. The number of H-pyrrole nitrogens is 1. The van der Waals surface area contributed by atoms with Crippen LogP contribution in [0.3, 0.4) is 0 Å². The van der Waals surface area contributed by atoms with Crippen molar-refractivity contribution in [3.05, 3.63) is 52.3 Å². The maximum Gasteiger partial charge on any atom is 0.179 e. The fraction of sp³-hybridized carbons (Fsp3) is 0.200. The van der Waals surface area contributed by atoms with Gasteiger partial charge >= 0.3 is 0 Å². The number of aromatic amines is 1. The summed E-state index contributed by atoms with van der Waals surface area (Å²) in [6, 6.07) is 11.6. The number of nitriles is 1. The third kappa shape index (κ3) is 3.51. The topological polar surface area (TPSA) is 70.9 Å². The zero-order chi connectivity index (χ0) is 18.7. The number of rotatable bonds is 5. The number of nitrogens with one attached hydrogen (secondary N) is 1. The second-order valence-corrected chi connectivity index (χ2v) is 6.15. The summed E-state index contributed by atoms with van der Waals surface area (Å²) in [5, 5.41) is 10.0. The Balaban J connectivity index is 2.05. The number of halogens is 1. The molecule has 3 aromatic rings. The molecular weight excluding hydrogens is 350 g/mol. The van der Waals surface area contributed by atoms with Crippen molar-refractivity contribution in [1.82, 2.24) is 9.97 Å². The zero-order valence-corrected chi connectivity index (χ0v) is 15.5. The minimum absolute atomic E-state index is 0.404. The maximum atomic E-state index is 9.59. The van der Waals surface area contributed by atoms with Gasteiger partial charge in [0.05, 0.1) is 35.3 Å². The maximum absolute atomic E-state index is 9.59. The van der Waals surface area contributed by atoms with Crippen molar-refractivity contribution in [1.29, 1.82) is 5.26 Å². The standard InChI is InChI=1S/C20H18ClN3O2/c1-4-26-19-15(21)9-13(10-18(19)25-3)8-14(11-22)20-23-16-6-5-12(2)7-17(16)24-20/h5-10H,4H2,1-3H3,(H,23,24). The zero-order valence-electron chi connectivity index (χ0n) is 14.8. The van der Waals surface area contributed by atoms with Crippen LogP contribution >= 0.6 is 11.6 Å². The molecule has 1 N–H and O–H groups in total. The van der Waals surface area contributed by atoms with E-state index in [1.807, 2.05) is 32.0 Å². The SMILES string of the molecule is CCOc1c(Cl)cc(C=C(C#N)c2nc3ccc(C)cc3[nH]2)cc1OC. The third-order valence-corrected chi connectivity index (χ3v) is 4.15. The van der Waals surface area contributed by atoms with Crippen LogP contribution in [0.15, 0.2) is 30.3 Å². The number of fused-ring (bicyclic) bond motifs is 1. The van der Waals surface area contributed by atoms with Crippen LogP contribution in [0.1, 0.15) is 23.9 Å². The Bertz CT molecular complexity index is 1030. The number of nitrogens with zero attached hydrogens (tertiary/aromatic N) is 2. The van der Waals surface area contributed by atoms with Gasteiger partial charge in [-0.15, -0.1) is 0 Å². The van der Waals surface area contributed by atoms with E-state index in [0.717, 1.165) is 22.2 Å². The normalized spacial score (nSPS) is 11.4. The second kappa shape index (κ2) is 7.51. The quantitative estimate of drug-likeness (QED) is 0.644. The molecule has 26 heavy (non-hydrogen) atoms. The summed E-state index contributed by atoms with van der Waals surface area (Å²) in [4.78, 5) is 7.69. The van der Waals surface area contributed by atoms with Crippen LogP contribution in [0.4, 0.5) is 0 Å². The lowest BCUT2D eigenvalue weighted by molar-refractivity contribution is 0.311. The van der Waals surface area contributed by atoms with Crippen LogP contribution < -0.4 is 9.47 Å². The Morgan fingerprint density at radius 3 is 2.85 bits per heavy atom. The predicted octanol–water partition coefficient (Wildman–Crippen LogP) is 5.00. The van der Waals surface area contributed by atoms with Crippen LogP contribution in [-0.2, 0) is 0 Å². The molecule has 0 bridgehead atoms. The van der Waals surface area contributed by atoms with Crippen molar-refractivity contribution in [2.45, 2.75) is 13.8 Å². The molecule has 1 heterocycles. The summed E-state index contributed by atoms with van der Waals surface area (Å²) >= 11 is 6.31. The Morgan fingerprint density at radius 1 is 1.35 bits per heavy atom. The van der Waals surface area contributed by atoms with Crippen molar-refractivity contribution >= 4 is 34.3 Å². The lowest BCUT2D eigenvalue weighted by Gasteiger charge is -2.12. The van der Waals surface area contributed by atoms with Gasteiger partial charge in [-0.25, -0.2) is 4.98 Å². The number of methoxy groups -OCH3 is 1. The Morgan fingerprint density at radius 2 is 2.15 bits per heavy atom. The molecule has 2 aromatic carbocycles. The molecule has 0 aliphatic carbocycles. The molecule has 0 atom stereocenters. The number of imidazole rings is 1. The highest BCUT2D eigenvalue weighted by Crippen LogP contribution is 2.37. The summed E-state index contributed by atoms with van der Waals surface area (Å²) < 4.78 is 10.9. The first-order chi connectivity index (χ1) is 12.5. The van der Waals surface area contributed by atoms with Crippen molar-refractivity contribution in [3.8, 4) is 17.6 Å². The summed E-state index contributed by atoms with van der Waals surface area (Å²) in [6.07, 6.45) is 1.72. The van der Waals surface area contributed by atoms with Crippen molar-refractivity contribution in [3.63, 3.8) is 0 Å². The summed E-state index contributed by atoms with van der Waals surface area (Å²) in [5.41, 5.74) is 3.96. The molecule has 0 fully saturated rings. The largest absolute Gasteiger partial charge is 0.493 e. The first-order valence-electron chi connectivity index (χ1n) is 8.14. The van der Waals surface area contributed by atoms with E-state index in [0.29, 0.717) is 34.5 Å². The van der Waals surface area contributed by atoms with E-state index in [4.69, 9.17) is 21.1 Å². The van der Waals surface area contributed by atoms with E-state index in [-0.39, 0.29) is 0 Å². The van der Waals surface area contributed by atoms with Crippen molar-refractivity contribution in [2.75, 3.05) is 13.7 Å². The number of allylic oxidation sites excluding steroid dienone is 1. The lowest BCUT2D eigenvalue weighted by atomic mass is 10.1. The average molecular weight is 368 g/mol. The molecule has 0 amide bonds. The second-order valence-electron chi connectivity index (χ2n) is 5.74. The average Bonchev–Trinajstić information content (AvgIpc) is 3.04. The number of hydrogen-bond donors (Lipinski definition) is 1. The van der Waals surface area contributed by atoms with Crippen molar-refractivity contribution in [2.24, 2.45) is 0 Å². The van der Waals surface area contributed by atoms with Gasteiger partial charge < -0.3 is 14.5 Å². The molecule has 0 spiro atoms. The van der Waals surface area contributed by atoms with E-state index in [1.165, 1.54) is 0 Å². The van der Waals surface area contributed by atoms with Gasteiger partial charge in [0.1, 0.15) is 11.9 Å². The van der Waals surface area contributed by atoms with Crippen molar-refractivity contribution < 1.29 is 9.47 Å². The third-order valence-electron chi connectivity index (χ3n) is 3.86. The molecule has 0 unspecified atom stereocenters. The molecule has 5 nitrogen and oxygen atoms in total. The Kier molecular flexibility index (Phi) is 5.15. The molecule has 6 heteroatoms. The van der Waals surface area contributed by atoms with Crippen LogP contribution in [0.25, 0.3) is 22.7 Å². The lowest BCUT2D eigenvalue weighted by Crippen LogP contribution is -1.97. The Labute approximate surface area is 156 Å². The fourth-order valence-corrected chi connectivity index (χ4v) is 2.95. The number of aryl methyl sites for hydroxylation is 1. The first-order valence-corrected chi connectivity index (χ1v) is 8.52. The van der Waals surface area contributed by atoms with Gasteiger partial charge in [-0.05, 0) is 55.3 Å². The van der Waals surface area contributed by atoms with Gasteiger partial charge in [-0.1, -0.05) is 17.7 Å². The van der Waals surface area contributed by atoms with Gasteiger partial charge in [0, 0.05) is 0 Å². The molecular formula is C20H18ClN3O2. The van der Waals surface area contributed by atoms with Gasteiger partial charge in [0.15, 0.2) is 11.5 Å². The van der Waals surface area contributed by atoms with Gasteiger partial charge in [-0.3, -0.25) is 0 Å².